The zero-order chi connectivity index (χ0) is 34.9. The molecule has 0 spiro atoms. The lowest BCUT2D eigenvalue weighted by Crippen LogP contribution is -2.27. The second-order valence-corrected chi connectivity index (χ2v) is 20.0. The van der Waals surface area contributed by atoms with Crippen LogP contribution in [-0.4, -0.2) is 92.5 Å². The highest BCUT2D eigenvalue weighted by molar-refractivity contribution is 8.20. The Balaban J connectivity index is 1.25. The van der Waals surface area contributed by atoms with E-state index >= 15 is 0 Å². The Morgan fingerprint density at radius 1 is 0.714 bits per heavy atom. The van der Waals surface area contributed by atoms with E-state index in [-0.39, 0.29) is 30.8 Å². The fraction of sp³-hybridized carbons (Fsp3) is 0.514. The molecule has 268 valence electrons. The van der Waals surface area contributed by atoms with Crippen LogP contribution in [0.5, 0.6) is 11.5 Å². The third-order valence-corrected chi connectivity index (χ3v) is 16.5. The standard InChI is InChI=1S/C37H48O6S6/c1-5-33(38)42-31(25-44-17-15-35-46-19-20-47-35)23-40-29-11-7-27(8-12-29)37(3,4)28-9-13-30(14-10-28)41-24-32(43-34(39)6-2)26-45-18-16-36-48-21-22-49-36/h5-14,31-32,35-36H,1-2,15-26H2,3-4H3. The van der Waals surface area contributed by atoms with Crippen LogP contribution in [0.1, 0.15) is 37.8 Å². The van der Waals surface area contributed by atoms with Crippen LogP contribution in [0, 0.1) is 0 Å². The average Bonchev–Trinajstić information content (AvgIpc) is 3.85. The van der Waals surface area contributed by atoms with Crippen molar-refractivity contribution in [1.82, 2.24) is 0 Å². The van der Waals surface area contributed by atoms with Crippen molar-refractivity contribution in [1.29, 1.82) is 0 Å². The maximum Gasteiger partial charge on any atom is 0.330 e. The van der Waals surface area contributed by atoms with Crippen LogP contribution in [0.3, 0.4) is 0 Å². The van der Waals surface area contributed by atoms with Gasteiger partial charge < -0.3 is 18.9 Å². The van der Waals surface area contributed by atoms with Gasteiger partial charge in [-0.1, -0.05) is 51.3 Å². The number of hydrogen-bond donors (Lipinski definition) is 0. The Labute approximate surface area is 318 Å². The minimum absolute atomic E-state index is 0.264. The fourth-order valence-corrected chi connectivity index (χ4v) is 13.3. The average molecular weight is 781 g/mol. The summed E-state index contributed by atoms with van der Waals surface area (Å²) in [5.74, 6) is 9.00. The molecular weight excluding hydrogens is 733 g/mol. The van der Waals surface area contributed by atoms with Crippen LogP contribution in [0.15, 0.2) is 73.8 Å². The first-order valence-electron chi connectivity index (χ1n) is 16.5. The summed E-state index contributed by atoms with van der Waals surface area (Å²) in [5.41, 5.74) is 2.02. The van der Waals surface area contributed by atoms with Crippen LogP contribution < -0.4 is 9.47 Å². The number of ether oxygens (including phenoxy) is 4. The van der Waals surface area contributed by atoms with Gasteiger partial charge in [0.05, 0.1) is 9.16 Å². The Bertz CT molecular complexity index is 1210. The lowest BCUT2D eigenvalue weighted by Gasteiger charge is -2.27. The van der Waals surface area contributed by atoms with Crippen molar-refractivity contribution in [2.45, 2.75) is 53.5 Å². The molecule has 6 nitrogen and oxygen atoms in total. The van der Waals surface area contributed by atoms with Gasteiger partial charge in [-0.15, -0.1) is 47.0 Å². The summed E-state index contributed by atoms with van der Waals surface area (Å²) in [6, 6.07) is 16.2. The number of esters is 2. The van der Waals surface area contributed by atoms with Gasteiger partial charge in [0.15, 0.2) is 0 Å². The predicted molar refractivity (Wildman–Crippen MR) is 217 cm³/mol. The summed E-state index contributed by atoms with van der Waals surface area (Å²) < 4.78 is 24.7. The quantitative estimate of drug-likeness (QED) is 0.0652. The highest BCUT2D eigenvalue weighted by atomic mass is 32.2. The molecule has 4 rings (SSSR count). The van der Waals surface area contributed by atoms with Gasteiger partial charge in [0, 0.05) is 52.1 Å². The number of thioether (sulfide) groups is 6. The summed E-state index contributed by atoms with van der Waals surface area (Å²) in [5, 5.41) is 0. The molecule has 49 heavy (non-hydrogen) atoms. The van der Waals surface area contributed by atoms with E-state index < -0.39 is 11.9 Å². The maximum absolute atomic E-state index is 11.9. The molecule has 0 aromatic heterocycles. The van der Waals surface area contributed by atoms with E-state index in [1.165, 1.54) is 35.2 Å². The van der Waals surface area contributed by atoms with Gasteiger partial charge in [0.2, 0.25) is 0 Å². The lowest BCUT2D eigenvalue weighted by atomic mass is 9.78. The van der Waals surface area contributed by atoms with Crippen molar-refractivity contribution in [2.75, 3.05) is 59.2 Å². The molecule has 2 atom stereocenters. The molecule has 2 aliphatic rings. The fourth-order valence-electron chi connectivity index (χ4n) is 5.07. The molecule has 0 N–H and O–H groups in total. The molecule has 0 saturated carbocycles. The minimum atomic E-state index is -0.428. The van der Waals surface area contributed by atoms with Crippen molar-refractivity contribution in [3.63, 3.8) is 0 Å². The summed E-state index contributed by atoms with van der Waals surface area (Å²) in [6.45, 7) is 12.0. The molecule has 0 radical (unpaired) electrons. The SMILES string of the molecule is C=CC(=O)OC(COc1ccc(C(C)(C)c2ccc(OCC(CSCCC3SCCS3)OC(=O)C=C)cc2)cc1)CSCCC1SCCS1. The van der Waals surface area contributed by atoms with Crippen molar-refractivity contribution in [3.8, 4) is 11.5 Å². The smallest absolute Gasteiger partial charge is 0.330 e. The molecule has 2 aliphatic heterocycles. The minimum Gasteiger partial charge on any atom is -0.490 e. The van der Waals surface area contributed by atoms with Crippen molar-refractivity contribution in [3.05, 3.63) is 85.0 Å². The number of rotatable bonds is 22. The zero-order valence-electron chi connectivity index (χ0n) is 28.4. The number of hydrogen-bond acceptors (Lipinski definition) is 12. The van der Waals surface area contributed by atoms with Gasteiger partial charge >= 0.3 is 11.9 Å². The van der Waals surface area contributed by atoms with Crippen LogP contribution in [0.25, 0.3) is 0 Å². The molecule has 2 unspecified atom stereocenters. The Hall–Kier alpha value is -1.44. The van der Waals surface area contributed by atoms with Gasteiger partial charge in [0.1, 0.15) is 36.9 Å². The van der Waals surface area contributed by atoms with E-state index in [1.54, 1.807) is 23.5 Å². The first-order valence-corrected chi connectivity index (χ1v) is 23.0. The molecular formula is C37H48O6S6. The van der Waals surface area contributed by atoms with Crippen molar-refractivity contribution >= 4 is 82.5 Å². The highest BCUT2D eigenvalue weighted by Gasteiger charge is 2.24. The van der Waals surface area contributed by atoms with E-state index in [2.05, 4.69) is 51.3 Å². The largest absolute Gasteiger partial charge is 0.490 e. The summed E-state index contributed by atoms with van der Waals surface area (Å²) in [6.07, 6.45) is 4.02. The molecule has 2 aromatic rings. The monoisotopic (exact) mass is 780 g/mol. The lowest BCUT2D eigenvalue weighted by molar-refractivity contribution is -0.144. The number of carbonyl (C=O) groups is 2. The predicted octanol–water partition coefficient (Wildman–Crippen LogP) is 8.82. The molecule has 12 heteroatoms. The zero-order valence-corrected chi connectivity index (χ0v) is 33.3. The first-order chi connectivity index (χ1) is 23.8. The van der Waals surface area contributed by atoms with E-state index in [9.17, 15) is 9.59 Å². The maximum atomic E-state index is 11.9. The number of benzene rings is 2. The van der Waals surface area contributed by atoms with Crippen LogP contribution in [-0.2, 0) is 24.5 Å². The van der Waals surface area contributed by atoms with E-state index in [0.29, 0.717) is 20.7 Å². The highest BCUT2D eigenvalue weighted by Crippen LogP contribution is 2.36. The van der Waals surface area contributed by atoms with Gasteiger partial charge in [-0.25, -0.2) is 9.59 Å². The Morgan fingerprint density at radius 3 is 1.43 bits per heavy atom. The van der Waals surface area contributed by atoms with Crippen molar-refractivity contribution < 1.29 is 28.5 Å². The van der Waals surface area contributed by atoms with E-state index in [1.807, 2.05) is 71.3 Å². The van der Waals surface area contributed by atoms with Crippen molar-refractivity contribution in [2.24, 2.45) is 0 Å². The second kappa shape index (κ2) is 21.8. The Kier molecular flexibility index (Phi) is 18.0. The van der Waals surface area contributed by atoms with E-state index in [4.69, 9.17) is 18.9 Å². The summed E-state index contributed by atoms with van der Waals surface area (Å²) in [7, 11) is 0. The topological polar surface area (TPSA) is 71.1 Å². The van der Waals surface area contributed by atoms with E-state index in [0.717, 1.165) is 47.0 Å². The molecule has 0 amide bonds. The third kappa shape index (κ3) is 14.2. The van der Waals surface area contributed by atoms with Crippen LogP contribution in [0.2, 0.25) is 0 Å². The normalized spacial score (nSPS) is 16.5. The van der Waals surface area contributed by atoms with Gasteiger partial charge in [-0.2, -0.15) is 23.5 Å². The number of carbonyl (C=O) groups excluding carboxylic acids is 2. The van der Waals surface area contributed by atoms with Gasteiger partial charge in [-0.05, 0) is 59.7 Å². The molecule has 0 bridgehead atoms. The first kappa shape index (κ1) is 40.3. The second-order valence-electron chi connectivity index (χ2n) is 11.9. The molecule has 0 aliphatic carbocycles. The third-order valence-electron chi connectivity index (χ3n) is 7.91. The molecule has 2 fully saturated rings. The van der Waals surface area contributed by atoms with Crippen LogP contribution >= 0.6 is 70.6 Å². The molecule has 2 heterocycles. The molecule has 2 aromatic carbocycles. The Morgan fingerprint density at radius 2 is 1.08 bits per heavy atom. The van der Waals surface area contributed by atoms with Gasteiger partial charge in [0.25, 0.3) is 0 Å². The summed E-state index contributed by atoms with van der Waals surface area (Å²) in [4.78, 5) is 23.9. The van der Waals surface area contributed by atoms with Crippen LogP contribution in [0.4, 0.5) is 0 Å². The molecule has 2 saturated heterocycles. The summed E-state index contributed by atoms with van der Waals surface area (Å²) >= 11 is 11.8. The van der Waals surface area contributed by atoms with Gasteiger partial charge in [-0.3, -0.25) is 0 Å².